The number of nitrogens with zero attached hydrogens (tertiary/aromatic N) is 2. The molecule has 180 valence electrons. The number of benzene rings is 2. The molecule has 2 aromatic rings. The van der Waals surface area contributed by atoms with E-state index in [1.54, 1.807) is 23.1 Å². The predicted octanol–water partition coefficient (Wildman–Crippen LogP) is 4.32. The van der Waals surface area contributed by atoms with Crippen molar-refractivity contribution in [3.05, 3.63) is 47.5 Å². The SMILES string of the molecule is O=C(CN1CCCC2(CC1)CN(c1ccc(Cl)cc1)C(=O)O2)Nc1ccc2c(c1)OCCCO2. The van der Waals surface area contributed by atoms with Crippen LogP contribution in [-0.2, 0) is 9.53 Å². The second-order valence-corrected chi connectivity index (χ2v) is 9.44. The van der Waals surface area contributed by atoms with Crippen molar-refractivity contribution in [2.45, 2.75) is 31.3 Å². The highest BCUT2D eigenvalue weighted by molar-refractivity contribution is 6.30. The summed E-state index contributed by atoms with van der Waals surface area (Å²) in [5.74, 6) is 1.27. The van der Waals surface area contributed by atoms with Gasteiger partial charge in [-0.15, -0.1) is 0 Å². The molecule has 1 unspecified atom stereocenters. The number of hydrogen-bond acceptors (Lipinski definition) is 6. The third-order valence-electron chi connectivity index (χ3n) is 6.50. The van der Waals surface area contributed by atoms with Crippen molar-refractivity contribution in [3.63, 3.8) is 0 Å². The molecule has 2 saturated heterocycles. The minimum absolute atomic E-state index is 0.0864. The third-order valence-corrected chi connectivity index (χ3v) is 6.75. The number of fused-ring (bicyclic) bond motifs is 1. The molecule has 1 atom stereocenters. The number of halogens is 1. The Hall–Kier alpha value is -2.97. The van der Waals surface area contributed by atoms with Crippen LogP contribution in [0.25, 0.3) is 0 Å². The first-order valence-corrected chi connectivity index (χ1v) is 12.1. The maximum Gasteiger partial charge on any atom is 0.415 e. The number of carbonyl (C=O) groups excluding carboxylic acids is 2. The molecule has 0 aliphatic carbocycles. The van der Waals surface area contributed by atoms with E-state index in [-0.39, 0.29) is 18.5 Å². The molecule has 0 radical (unpaired) electrons. The van der Waals surface area contributed by atoms with E-state index in [1.165, 1.54) is 0 Å². The Bertz CT molecular complexity index is 1060. The van der Waals surface area contributed by atoms with E-state index in [1.807, 2.05) is 24.3 Å². The van der Waals surface area contributed by atoms with E-state index < -0.39 is 5.60 Å². The van der Waals surface area contributed by atoms with E-state index in [4.69, 9.17) is 25.8 Å². The molecule has 34 heavy (non-hydrogen) atoms. The quantitative estimate of drug-likeness (QED) is 0.694. The maximum absolute atomic E-state index is 12.7. The second-order valence-electron chi connectivity index (χ2n) is 9.00. The van der Waals surface area contributed by atoms with E-state index in [2.05, 4.69) is 10.2 Å². The number of carbonyl (C=O) groups is 2. The fourth-order valence-electron chi connectivity index (χ4n) is 4.73. The Morgan fingerprint density at radius 1 is 1.00 bits per heavy atom. The molecule has 2 aromatic carbocycles. The molecular weight excluding hydrogens is 458 g/mol. The molecule has 0 bridgehead atoms. The molecule has 2 fully saturated rings. The van der Waals surface area contributed by atoms with Crippen LogP contribution < -0.4 is 19.7 Å². The predicted molar refractivity (Wildman–Crippen MR) is 129 cm³/mol. The standard InChI is InChI=1S/C25H28ClN3O5/c26-18-3-6-20(7-4-18)29-17-25(34-24(29)31)9-1-11-28(12-10-25)16-23(30)27-19-5-8-21-22(15-19)33-14-2-13-32-21/h3-8,15H,1-2,9-14,16-17H2,(H,27,30). The van der Waals surface area contributed by atoms with Crippen molar-refractivity contribution in [3.8, 4) is 11.5 Å². The van der Waals surface area contributed by atoms with Crippen molar-refractivity contribution < 1.29 is 23.8 Å². The highest BCUT2D eigenvalue weighted by Crippen LogP contribution is 2.36. The molecule has 8 nitrogen and oxygen atoms in total. The summed E-state index contributed by atoms with van der Waals surface area (Å²) in [6.45, 7) is 3.46. The van der Waals surface area contributed by atoms with Gasteiger partial charge in [-0.3, -0.25) is 14.6 Å². The lowest BCUT2D eigenvalue weighted by Crippen LogP contribution is -2.37. The summed E-state index contributed by atoms with van der Waals surface area (Å²) in [4.78, 5) is 29.1. The summed E-state index contributed by atoms with van der Waals surface area (Å²) < 4.78 is 17.2. The summed E-state index contributed by atoms with van der Waals surface area (Å²) in [5.41, 5.74) is 0.932. The zero-order chi connectivity index (χ0) is 23.5. The number of nitrogens with one attached hydrogen (secondary N) is 1. The van der Waals surface area contributed by atoms with Crippen molar-refractivity contribution in [1.82, 2.24) is 4.90 Å². The largest absolute Gasteiger partial charge is 0.490 e. The molecule has 3 aliphatic rings. The lowest BCUT2D eigenvalue weighted by atomic mass is 9.95. The first kappa shape index (κ1) is 22.8. The van der Waals surface area contributed by atoms with Crippen LogP contribution in [0.1, 0.15) is 25.7 Å². The number of likely N-dealkylation sites (tertiary alicyclic amines) is 1. The number of hydrogen-bond donors (Lipinski definition) is 1. The molecule has 9 heteroatoms. The van der Waals surface area contributed by atoms with Gasteiger partial charge in [-0.1, -0.05) is 11.6 Å². The summed E-state index contributed by atoms with van der Waals surface area (Å²) in [7, 11) is 0. The molecule has 2 amide bonds. The molecule has 5 rings (SSSR count). The lowest BCUT2D eigenvalue weighted by Gasteiger charge is -2.25. The van der Waals surface area contributed by atoms with Crippen LogP contribution in [0.4, 0.5) is 16.2 Å². The van der Waals surface area contributed by atoms with Gasteiger partial charge in [-0.2, -0.15) is 0 Å². The van der Waals surface area contributed by atoms with Crippen LogP contribution in [0.2, 0.25) is 5.02 Å². The normalized spacial score (nSPS) is 22.7. The first-order chi connectivity index (χ1) is 16.5. The molecular formula is C25H28ClN3O5. The smallest absolute Gasteiger partial charge is 0.415 e. The van der Waals surface area contributed by atoms with Crippen LogP contribution in [0.15, 0.2) is 42.5 Å². The number of anilines is 2. The molecule has 0 saturated carbocycles. The van der Waals surface area contributed by atoms with Crippen molar-refractivity contribution >= 4 is 35.0 Å². The minimum Gasteiger partial charge on any atom is -0.490 e. The van der Waals surface area contributed by atoms with Gasteiger partial charge < -0.3 is 19.5 Å². The van der Waals surface area contributed by atoms with Crippen LogP contribution in [0.5, 0.6) is 11.5 Å². The van der Waals surface area contributed by atoms with Gasteiger partial charge in [0.2, 0.25) is 5.91 Å². The zero-order valence-electron chi connectivity index (χ0n) is 18.9. The maximum atomic E-state index is 12.7. The average Bonchev–Trinajstić information content (AvgIpc) is 2.97. The highest BCUT2D eigenvalue weighted by Gasteiger charge is 2.46. The van der Waals surface area contributed by atoms with Crippen molar-refractivity contribution in [1.29, 1.82) is 0 Å². The third kappa shape index (κ3) is 5.08. The Morgan fingerprint density at radius 3 is 2.62 bits per heavy atom. The fourth-order valence-corrected chi connectivity index (χ4v) is 4.86. The van der Waals surface area contributed by atoms with E-state index >= 15 is 0 Å². The summed E-state index contributed by atoms with van der Waals surface area (Å²) in [6, 6.07) is 12.7. The van der Waals surface area contributed by atoms with Crippen molar-refractivity contribution in [2.75, 3.05) is 49.6 Å². The van der Waals surface area contributed by atoms with E-state index in [0.29, 0.717) is 54.9 Å². The lowest BCUT2D eigenvalue weighted by molar-refractivity contribution is -0.117. The monoisotopic (exact) mass is 485 g/mol. The van der Waals surface area contributed by atoms with Crippen molar-refractivity contribution in [2.24, 2.45) is 0 Å². The molecule has 1 N–H and O–H groups in total. The molecule has 3 aliphatic heterocycles. The Balaban J connectivity index is 1.17. The van der Waals surface area contributed by atoms with Gasteiger partial charge in [0.1, 0.15) is 5.60 Å². The number of ether oxygens (including phenoxy) is 3. The van der Waals surface area contributed by atoms with Crippen LogP contribution in [0, 0.1) is 0 Å². The highest BCUT2D eigenvalue weighted by atomic mass is 35.5. The van der Waals surface area contributed by atoms with Crippen LogP contribution in [-0.4, -0.2) is 61.9 Å². The van der Waals surface area contributed by atoms with Gasteiger partial charge in [-0.25, -0.2) is 4.79 Å². The molecule has 3 heterocycles. The molecule has 1 spiro atoms. The van der Waals surface area contributed by atoms with Gasteiger partial charge in [0.05, 0.1) is 26.3 Å². The number of rotatable bonds is 4. The molecule has 0 aromatic heterocycles. The summed E-state index contributed by atoms with van der Waals surface area (Å²) in [5, 5.41) is 3.59. The minimum atomic E-state index is -0.531. The van der Waals surface area contributed by atoms with Gasteiger partial charge in [0, 0.05) is 41.9 Å². The number of amides is 2. The topological polar surface area (TPSA) is 80.3 Å². The van der Waals surface area contributed by atoms with Crippen LogP contribution in [0.3, 0.4) is 0 Å². The Labute approximate surface area is 203 Å². The second kappa shape index (κ2) is 9.72. The Kier molecular flexibility index (Phi) is 6.52. The van der Waals surface area contributed by atoms with Gasteiger partial charge in [0.25, 0.3) is 0 Å². The van der Waals surface area contributed by atoms with Crippen LogP contribution >= 0.6 is 11.6 Å². The van der Waals surface area contributed by atoms with Gasteiger partial charge >= 0.3 is 6.09 Å². The summed E-state index contributed by atoms with van der Waals surface area (Å²) in [6.07, 6.45) is 2.80. The van der Waals surface area contributed by atoms with E-state index in [0.717, 1.165) is 31.5 Å². The first-order valence-electron chi connectivity index (χ1n) is 11.7. The van der Waals surface area contributed by atoms with Gasteiger partial charge in [-0.05, 0) is 55.8 Å². The Morgan fingerprint density at radius 2 is 1.79 bits per heavy atom. The summed E-state index contributed by atoms with van der Waals surface area (Å²) >= 11 is 5.98. The van der Waals surface area contributed by atoms with Gasteiger partial charge in [0.15, 0.2) is 11.5 Å². The fraction of sp³-hybridized carbons (Fsp3) is 0.440. The van der Waals surface area contributed by atoms with E-state index in [9.17, 15) is 9.59 Å². The zero-order valence-corrected chi connectivity index (χ0v) is 19.7. The average molecular weight is 486 g/mol.